The van der Waals surface area contributed by atoms with E-state index in [1.165, 1.54) is 18.2 Å². The summed E-state index contributed by atoms with van der Waals surface area (Å²) in [4.78, 5) is 24.2. The molecule has 0 aromatic heterocycles. The zero-order valence-corrected chi connectivity index (χ0v) is 16.4. The van der Waals surface area contributed by atoms with Crippen LogP contribution in [0, 0.1) is 20.8 Å². The van der Waals surface area contributed by atoms with Gasteiger partial charge in [-0.3, -0.25) is 20.4 Å². The lowest BCUT2D eigenvalue weighted by Gasteiger charge is -2.11. The van der Waals surface area contributed by atoms with Gasteiger partial charge in [-0.1, -0.05) is 12.1 Å². The van der Waals surface area contributed by atoms with E-state index in [0.29, 0.717) is 11.3 Å². The lowest BCUT2D eigenvalue weighted by Crippen LogP contribution is -2.44. The molecular formula is C19H22N2O5S. The fourth-order valence-corrected chi connectivity index (χ4v) is 3.12. The van der Waals surface area contributed by atoms with E-state index in [9.17, 15) is 18.0 Å². The van der Waals surface area contributed by atoms with Gasteiger partial charge in [-0.05, 0) is 61.7 Å². The number of benzene rings is 2. The number of nitrogens with one attached hydrogen (secondary N) is 2. The van der Waals surface area contributed by atoms with Gasteiger partial charge in [-0.15, -0.1) is 0 Å². The van der Waals surface area contributed by atoms with E-state index < -0.39 is 21.7 Å². The summed E-state index contributed by atoms with van der Waals surface area (Å²) < 4.78 is 28.7. The minimum atomic E-state index is -3.44. The summed E-state index contributed by atoms with van der Waals surface area (Å²) >= 11 is 0. The van der Waals surface area contributed by atoms with Gasteiger partial charge in [-0.2, -0.15) is 0 Å². The topological polar surface area (TPSA) is 102 Å². The van der Waals surface area contributed by atoms with Crippen LogP contribution in [0.15, 0.2) is 41.3 Å². The molecule has 0 bridgehead atoms. The van der Waals surface area contributed by atoms with E-state index in [2.05, 4.69) is 10.9 Å². The largest absolute Gasteiger partial charge is 0.484 e. The van der Waals surface area contributed by atoms with Crippen molar-refractivity contribution in [2.75, 3.05) is 12.9 Å². The monoisotopic (exact) mass is 390 g/mol. The van der Waals surface area contributed by atoms with Gasteiger partial charge < -0.3 is 4.74 Å². The maximum Gasteiger partial charge on any atom is 0.276 e. The molecule has 0 saturated heterocycles. The Bertz CT molecular complexity index is 963. The van der Waals surface area contributed by atoms with Crippen molar-refractivity contribution in [3.05, 3.63) is 58.7 Å². The number of hydrazine groups is 1. The minimum Gasteiger partial charge on any atom is -0.484 e. The summed E-state index contributed by atoms with van der Waals surface area (Å²) in [7, 11) is -3.44. The first-order valence-electron chi connectivity index (χ1n) is 8.17. The molecule has 144 valence electrons. The average Bonchev–Trinajstić information content (AvgIpc) is 2.56. The summed E-state index contributed by atoms with van der Waals surface area (Å²) in [5.41, 5.74) is 7.29. The van der Waals surface area contributed by atoms with Crippen molar-refractivity contribution in [1.29, 1.82) is 0 Å². The number of carbonyl (C=O) groups excluding carboxylic acids is 2. The third-order valence-electron chi connectivity index (χ3n) is 3.76. The average molecular weight is 390 g/mol. The van der Waals surface area contributed by atoms with Gasteiger partial charge in [0.05, 0.1) is 4.90 Å². The molecule has 0 spiro atoms. The fourth-order valence-electron chi connectivity index (χ4n) is 2.47. The molecule has 2 aromatic carbocycles. The van der Waals surface area contributed by atoms with Crippen molar-refractivity contribution in [3.8, 4) is 5.75 Å². The van der Waals surface area contributed by atoms with Crippen molar-refractivity contribution < 1.29 is 22.7 Å². The van der Waals surface area contributed by atoms with Crippen LogP contribution < -0.4 is 15.6 Å². The molecule has 2 aromatic rings. The van der Waals surface area contributed by atoms with Crippen LogP contribution in [0.2, 0.25) is 0 Å². The van der Waals surface area contributed by atoms with Gasteiger partial charge >= 0.3 is 0 Å². The molecule has 27 heavy (non-hydrogen) atoms. The van der Waals surface area contributed by atoms with Crippen LogP contribution in [-0.2, 0) is 14.6 Å². The molecule has 0 fully saturated rings. The highest BCUT2D eigenvalue weighted by atomic mass is 32.2. The Morgan fingerprint density at radius 1 is 0.963 bits per heavy atom. The molecule has 0 unspecified atom stereocenters. The number of rotatable bonds is 5. The van der Waals surface area contributed by atoms with Crippen LogP contribution in [-0.4, -0.2) is 33.1 Å². The molecule has 0 radical (unpaired) electrons. The number of hydrogen-bond acceptors (Lipinski definition) is 5. The van der Waals surface area contributed by atoms with Crippen molar-refractivity contribution >= 4 is 21.7 Å². The SMILES string of the molecule is Cc1cc(C)cc(OCC(=O)NNC(=O)c2cc(S(C)(=O)=O)ccc2C)c1. The van der Waals surface area contributed by atoms with Crippen LogP contribution in [0.1, 0.15) is 27.0 Å². The maximum atomic E-state index is 12.3. The Hall–Kier alpha value is -2.87. The standard InChI is InChI=1S/C19H22N2O5S/c1-12-7-13(2)9-15(8-12)26-11-18(22)20-21-19(23)17-10-16(27(4,24)25)6-5-14(17)3/h5-10H,11H2,1-4H3,(H,20,22)(H,21,23). The molecular weight excluding hydrogens is 368 g/mol. The second kappa shape index (κ2) is 8.22. The van der Waals surface area contributed by atoms with Crippen molar-refractivity contribution in [2.45, 2.75) is 25.7 Å². The third-order valence-corrected chi connectivity index (χ3v) is 4.87. The Morgan fingerprint density at radius 3 is 2.19 bits per heavy atom. The lowest BCUT2D eigenvalue weighted by molar-refractivity contribution is -0.123. The fraction of sp³-hybridized carbons (Fsp3) is 0.263. The molecule has 2 N–H and O–H groups in total. The summed E-state index contributed by atoms with van der Waals surface area (Å²) in [5, 5.41) is 0. The van der Waals surface area contributed by atoms with Gasteiger partial charge in [0.15, 0.2) is 16.4 Å². The molecule has 0 aliphatic rings. The van der Waals surface area contributed by atoms with Crippen molar-refractivity contribution in [2.24, 2.45) is 0 Å². The number of ether oxygens (including phenoxy) is 1. The highest BCUT2D eigenvalue weighted by Crippen LogP contribution is 2.16. The van der Waals surface area contributed by atoms with Gasteiger partial charge in [-0.25, -0.2) is 8.42 Å². The Balaban J connectivity index is 1.96. The van der Waals surface area contributed by atoms with E-state index in [4.69, 9.17) is 4.74 Å². The molecule has 7 nitrogen and oxygen atoms in total. The van der Waals surface area contributed by atoms with Gasteiger partial charge in [0.1, 0.15) is 5.75 Å². The second-order valence-electron chi connectivity index (χ2n) is 6.36. The molecule has 0 atom stereocenters. The summed E-state index contributed by atoms with van der Waals surface area (Å²) in [6.07, 6.45) is 1.06. The summed E-state index contributed by atoms with van der Waals surface area (Å²) in [6, 6.07) is 9.84. The third kappa shape index (κ3) is 5.82. The van der Waals surface area contributed by atoms with E-state index in [1.54, 1.807) is 19.1 Å². The van der Waals surface area contributed by atoms with Crippen molar-refractivity contribution in [3.63, 3.8) is 0 Å². The van der Waals surface area contributed by atoms with Gasteiger partial charge in [0.2, 0.25) is 0 Å². The number of carbonyl (C=O) groups is 2. The number of hydrogen-bond donors (Lipinski definition) is 2. The maximum absolute atomic E-state index is 12.3. The predicted octanol–water partition coefficient (Wildman–Crippen LogP) is 1.86. The number of amides is 2. The molecule has 2 amide bonds. The molecule has 2 rings (SSSR count). The normalized spacial score (nSPS) is 11.0. The Morgan fingerprint density at radius 2 is 1.59 bits per heavy atom. The van der Waals surface area contributed by atoms with Gasteiger partial charge in [0, 0.05) is 11.8 Å². The quantitative estimate of drug-likeness (QED) is 0.759. The molecule has 0 heterocycles. The molecule has 0 saturated carbocycles. The summed E-state index contributed by atoms with van der Waals surface area (Å²) in [5.74, 6) is -0.595. The van der Waals surface area contributed by atoms with E-state index >= 15 is 0 Å². The van der Waals surface area contributed by atoms with Gasteiger partial charge in [0.25, 0.3) is 11.8 Å². The predicted molar refractivity (Wildman–Crippen MR) is 101 cm³/mol. The van der Waals surface area contributed by atoms with Crippen LogP contribution in [0.3, 0.4) is 0 Å². The van der Waals surface area contributed by atoms with E-state index in [0.717, 1.165) is 17.4 Å². The smallest absolute Gasteiger partial charge is 0.276 e. The molecule has 0 aliphatic carbocycles. The van der Waals surface area contributed by atoms with Crippen LogP contribution in [0.4, 0.5) is 0 Å². The minimum absolute atomic E-state index is 0.0303. The Kier molecular flexibility index (Phi) is 6.22. The van der Waals surface area contributed by atoms with Crippen molar-refractivity contribution in [1.82, 2.24) is 10.9 Å². The highest BCUT2D eigenvalue weighted by molar-refractivity contribution is 7.90. The van der Waals surface area contributed by atoms with Crippen LogP contribution in [0.5, 0.6) is 5.75 Å². The lowest BCUT2D eigenvalue weighted by atomic mass is 10.1. The first kappa shape index (κ1) is 20.4. The Labute approximate surface area is 158 Å². The zero-order chi connectivity index (χ0) is 20.2. The van der Waals surface area contributed by atoms with E-state index in [-0.39, 0.29) is 17.1 Å². The second-order valence-corrected chi connectivity index (χ2v) is 8.38. The first-order valence-corrected chi connectivity index (χ1v) is 10.1. The van der Waals surface area contributed by atoms with E-state index in [1.807, 2.05) is 19.9 Å². The number of sulfone groups is 1. The zero-order valence-electron chi connectivity index (χ0n) is 15.6. The number of aryl methyl sites for hydroxylation is 3. The molecule has 0 aliphatic heterocycles. The summed E-state index contributed by atoms with van der Waals surface area (Å²) in [6.45, 7) is 5.25. The highest BCUT2D eigenvalue weighted by Gasteiger charge is 2.15. The van der Waals surface area contributed by atoms with Crippen LogP contribution >= 0.6 is 0 Å². The first-order chi connectivity index (χ1) is 12.6. The molecule has 8 heteroatoms. The van der Waals surface area contributed by atoms with Crippen LogP contribution in [0.25, 0.3) is 0 Å².